The Balaban J connectivity index is 1.74. The molecule has 2 atom stereocenters. The minimum Gasteiger partial charge on any atom is -0.292 e. The molecule has 2 aliphatic rings. The van der Waals surface area contributed by atoms with Crippen molar-refractivity contribution in [2.75, 3.05) is 16.4 Å². The van der Waals surface area contributed by atoms with Gasteiger partial charge in [0.1, 0.15) is 0 Å². The summed E-state index contributed by atoms with van der Waals surface area (Å²) in [5.41, 5.74) is 1.37. The maximum Gasteiger partial charge on any atom is 0.265 e. The number of carbonyl (C=O) groups excluding carboxylic acids is 2. The second-order valence-electron chi connectivity index (χ2n) is 6.88. The maximum atomic E-state index is 13.2. The molecule has 2 heterocycles. The summed E-state index contributed by atoms with van der Waals surface area (Å²) >= 11 is 6.04. The largest absolute Gasteiger partial charge is 0.292 e. The van der Waals surface area contributed by atoms with Crippen LogP contribution in [0.15, 0.2) is 53.5 Å². The fraction of sp³-hybridized carbons (Fsp3) is 0.250. The summed E-state index contributed by atoms with van der Waals surface area (Å²) in [4.78, 5) is 31.6. The smallest absolute Gasteiger partial charge is 0.265 e. The first kappa shape index (κ1) is 18.8. The van der Waals surface area contributed by atoms with Crippen LogP contribution in [0.2, 0.25) is 5.02 Å². The molecule has 1 saturated heterocycles. The van der Waals surface area contributed by atoms with Crippen LogP contribution in [-0.4, -0.2) is 44.0 Å². The number of carbonyl (C=O) groups is 2. The molecule has 4 rings (SSSR count). The number of anilines is 1. The monoisotopic (exact) mass is 416 g/mol. The van der Waals surface area contributed by atoms with E-state index in [1.54, 1.807) is 48.5 Å². The molecule has 2 aromatic carbocycles. The molecule has 8 heteroatoms. The molecule has 0 radical (unpaired) electrons. The number of hydrogen-bond acceptors (Lipinski definition) is 5. The normalized spacial score (nSPS) is 24.0. The molecule has 1 fully saturated rings. The van der Waals surface area contributed by atoms with Crippen LogP contribution in [-0.2, 0) is 14.6 Å². The third kappa shape index (κ3) is 3.47. The second kappa shape index (κ2) is 7.14. The van der Waals surface area contributed by atoms with Crippen molar-refractivity contribution in [3.05, 3.63) is 64.7 Å². The second-order valence-corrected chi connectivity index (χ2v) is 9.54. The van der Waals surface area contributed by atoms with Crippen molar-refractivity contribution in [1.82, 2.24) is 0 Å². The molecule has 0 aliphatic carbocycles. The van der Waals surface area contributed by atoms with Crippen LogP contribution in [0.25, 0.3) is 0 Å². The summed E-state index contributed by atoms with van der Waals surface area (Å²) in [6.45, 7) is 0. The molecule has 2 aromatic rings. The Hall–Kier alpha value is -2.51. The van der Waals surface area contributed by atoms with Crippen molar-refractivity contribution in [2.45, 2.75) is 18.4 Å². The molecule has 0 spiro atoms. The molecule has 144 valence electrons. The van der Waals surface area contributed by atoms with E-state index in [9.17, 15) is 18.0 Å². The standard InChI is InChI=1S/C20H17ClN2O4S/c21-13-4-3-5-15(10-13)23-19(24)17-7-2-1-6-16(17)18(20(23)25)11-22-14-8-9-28(26,27)12-14/h1-7,10-11,14,18H,8-9,12H2/t14-,18+/m1/s1. The minimum absolute atomic E-state index is 0.0109. The number of hydrogen-bond donors (Lipinski definition) is 0. The van der Waals surface area contributed by atoms with Gasteiger partial charge in [-0.2, -0.15) is 0 Å². The van der Waals surface area contributed by atoms with Crippen LogP contribution in [0, 0.1) is 0 Å². The number of aliphatic imine (C=N–C) groups is 1. The predicted molar refractivity (Wildman–Crippen MR) is 108 cm³/mol. The zero-order valence-corrected chi connectivity index (χ0v) is 16.4. The van der Waals surface area contributed by atoms with E-state index in [1.165, 1.54) is 6.21 Å². The van der Waals surface area contributed by atoms with Gasteiger partial charge in [0.05, 0.1) is 29.2 Å². The first-order valence-corrected chi connectivity index (χ1v) is 11.0. The molecule has 0 N–H and O–H groups in total. The van der Waals surface area contributed by atoms with Crippen molar-refractivity contribution >= 4 is 45.2 Å². The highest BCUT2D eigenvalue weighted by Crippen LogP contribution is 2.33. The predicted octanol–water partition coefficient (Wildman–Crippen LogP) is 2.87. The van der Waals surface area contributed by atoms with E-state index < -0.39 is 27.6 Å². The van der Waals surface area contributed by atoms with Crippen molar-refractivity contribution in [1.29, 1.82) is 0 Å². The molecule has 6 nitrogen and oxygen atoms in total. The Kier molecular flexibility index (Phi) is 4.81. The highest BCUT2D eigenvalue weighted by molar-refractivity contribution is 7.91. The van der Waals surface area contributed by atoms with Gasteiger partial charge in [-0.15, -0.1) is 0 Å². The van der Waals surface area contributed by atoms with E-state index in [0.29, 0.717) is 28.3 Å². The highest BCUT2D eigenvalue weighted by Gasteiger charge is 2.39. The number of halogens is 1. The molecular weight excluding hydrogens is 400 g/mol. The van der Waals surface area contributed by atoms with Crippen molar-refractivity contribution in [3.8, 4) is 0 Å². The lowest BCUT2D eigenvalue weighted by molar-refractivity contribution is -0.118. The lowest BCUT2D eigenvalue weighted by Gasteiger charge is -2.31. The first-order chi connectivity index (χ1) is 13.4. The van der Waals surface area contributed by atoms with Gasteiger partial charge >= 0.3 is 0 Å². The molecule has 2 amide bonds. The average Bonchev–Trinajstić information content (AvgIpc) is 3.01. The molecule has 0 unspecified atom stereocenters. The molecule has 0 bridgehead atoms. The zero-order valence-electron chi connectivity index (χ0n) is 14.8. The number of imide groups is 1. The van der Waals surface area contributed by atoms with Gasteiger partial charge in [-0.05, 0) is 36.2 Å². The van der Waals surface area contributed by atoms with E-state index in [-0.39, 0.29) is 17.5 Å². The average molecular weight is 417 g/mol. The number of nitrogens with zero attached hydrogens (tertiary/aromatic N) is 2. The van der Waals surface area contributed by atoms with Gasteiger partial charge < -0.3 is 0 Å². The Labute approximate surface area is 167 Å². The van der Waals surface area contributed by atoms with Crippen molar-refractivity contribution in [2.24, 2.45) is 4.99 Å². The number of amides is 2. The van der Waals surface area contributed by atoms with Crippen LogP contribution in [0.1, 0.15) is 28.3 Å². The fourth-order valence-corrected chi connectivity index (χ4v) is 5.38. The van der Waals surface area contributed by atoms with E-state index >= 15 is 0 Å². The third-order valence-electron chi connectivity index (χ3n) is 4.94. The molecular formula is C20H17ClN2O4S. The Morgan fingerprint density at radius 3 is 2.61 bits per heavy atom. The Morgan fingerprint density at radius 1 is 1.11 bits per heavy atom. The van der Waals surface area contributed by atoms with Gasteiger partial charge in [0.15, 0.2) is 9.84 Å². The molecule has 2 aliphatic heterocycles. The van der Waals surface area contributed by atoms with Crippen LogP contribution in [0.5, 0.6) is 0 Å². The topological polar surface area (TPSA) is 83.9 Å². The quantitative estimate of drug-likeness (QED) is 0.569. The zero-order chi connectivity index (χ0) is 19.9. The summed E-state index contributed by atoms with van der Waals surface area (Å²) in [6, 6.07) is 13.1. The Morgan fingerprint density at radius 2 is 1.89 bits per heavy atom. The molecule has 0 saturated carbocycles. The summed E-state index contributed by atoms with van der Waals surface area (Å²) in [6.07, 6.45) is 1.93. The summed E-state index contributed by atoms with van der Waals surface area (Å²) in [5.74, 6) is -1.52. The summed E-state index contributed by atoms with van der Waals surface area (Å²) in [5, 5.41) is 0.415. The van der Waals surface area contributed by atoms with Gasteiger partial charge in [0.25, 0.3) is 5.91 Å². The minimum atomic E-state index is -3.07. The Bertz CT molecular complexity index is 1100. The number of fused-ring (bicyclic) bond motifs is 1. The van der Waals surface area contributed by atoms with Gasteiger partial charge in [-0.3, -0.25) is 14.6 Å². The van der Waals surface area contributed by atoms with Crippen LogP contribution >= 0.6 is 11.6 Å². The third-order valence-corrected chi connectivity index (χ3v) is 6.92. The van der Waals surface area contributed by atoms with Crippen molar-refractivity contribution in [3.63, 3.8) is 0 Å². The van der Waals surface area contributed by atoms with Crippen LogP contribution < -0.4 is 4.90 Å². The first-order valence-electron chi connectivity index (χ1n) is 8.82. The summed E-state index contributed by atoms with van der Waals surface area (Å²) < 4.78 is 23.3. The van der Waals surface area contributed by atoms with E-state index in [1.807, 2.05) is 0 Å². The van der Waals surface area contributed by atoms with Gasteiger partial charge in [0, 0.05) is 16.8 Å². The molecule has 0 aromatic heterocycles. The van der Waals surface area contributed by atoms with E-state index in [4.69, 9.17) is 11.6 Å². The maximum absolute atomic E-state index is 13.2. The number of benzene rings is 2. The number of sulfone groups is 1. The molecule has 28 heavy (non-hydrogen) atoms. The lowest BCUT2D eigenvalue weighted by atomic mass is 9.89. The van der Waals surface area contributed by atoms with Crippen molar-refractivity contribution < 1.29 is 18.0 Å². The van der Waals surface area contributed by atoms with Crippen LogP contribution in [0.3, 0.4) is 0 Å². The summed E-state index contributed by atoms with van der Waals surface area (Å²) in [7, 11) is -3.07. The number of rotatable bonds is 3. The van der Waals surface area contributed by atoms with Crippen LogP contribution in [0.4, 0.5) is 5.69 Å². The van der Waals surface area contributed by atoms with Gasteiger partial charge in [-0.25, -0.2) is 13.3 Å². The van der Waals surface area contributed by atoms with Gasteiger partial charge in [-0.1, -0.05) is 35.9 Å². The fourth-order valence-electron chi connectivity index (χ4n) is 3.56. The highest BCUT2D eigenvalue weighted by atomic mass is 35.5. The van der Waals surface area contributed by atoms with E-state index in [2.05, 4.69) is 4.99 Å². The van der Waals surface area contributed by atoms with E-state index in [0.717, 1.165) is 4.90 Å². The SMILES string of the molecule is O=C1c2ccccc2[C@H](C=N[C@@H]2CCS(=O)(=O)C2)C(=O)N1c1cccc(Cl)c1. The lowest BCUT2D eigenvalue weighted by Crippen LogP contribution is -2.45. The van der Waals surface area contributed by atoms with Gasteiger partial charge in [0.2, 0.25) is 5.91 Å².